The molecule has 0 atom stereocenters. The van der Waals surface area contributed by atoms with E-state index in [2.05, 4.69) is 0 Å². The Morgan fingerprint density at radius 3 is 1.89 bits per heavy atom. The number of halogens is 3. The summed E-state index contributed by atoms with van der Waals surface area (Å²) < 4.78 is 41.0. The minimum Gasteiger partial charge on any atom is -0.507 e. The molecule has 0 amide bonds. The Morgan fingerprint density at radius 1 is 0.556 bits per heavy atom. The fraction of sp³-hybridized carbons (Fsp3) is 0.0435. The highest BCUT2D eigenvalue weighted by Crippen LogP contribution is 2.44. The van der Waals surface area contributed by atoms with Crippen LogP contribution in [0.25, 0.3) is 43.1 Å². The fourth-order valence-corrected chi connectivity index (χ4v) is 4.01. The van der Waals surface area contributed by atoms with Crippen molar-refractivity contribution >= 4 is 43.1 Å². The molecule has 0 saturated heterocycles. The molecule has 0 aliphatic rings. The first kappa shape index (κ1) is 15.9. The van der Waals surface area contributed by atoms with Gasteiger partial charge in [-0.25, -0.2) is 0 Å². The van der Waals surface area contributed by atoms with E-state index in [0.717, 1.165) is 33.0 Å². The fourth-order valence-electron chi connectivity index (χ4n) is 4.01. The lowest BCUT2D eigenvalue weighted by Crippen LogP contribution is -2.06. The summed E-state index contributed by atoms with van der Waals surface area (Å²) in [6.45, 7) is 0. The minimum atomic E-state index is -4.64. The first-order chi connectivity index (χ1) is 12.9. The van der Waals surface area contributed by atoms with Gasteiger partial charge in [-0.2, -0.15) is 13.2 Å². The molecule has 5 aromatic rings. The van der Waals surface area contributed by atoms with Crippen LogP contribution < -0.4 is 0 Å². The molecule has 0 bridgehead atoms. The molecule has 0 radical (unpaired) electrons. The van der Waals surface area contributed by atoms with E-state index < -0.39 is 17.5 Å². The van der Waals surface area contributed by atoms with Crippen molar-refractivity contribution in [3.8, 4) is 5.75 Å². The maximum atomic E-state index is 13.7. The highest BCUT2D eigenvalue weighted by atomic mass is 19.4. The van der Waals surface area contributed by atoms with E-state index in [-0.39, 0.29) is 5.39 Å². The Bertz CT molecular complexity index is 1370. The molecule has 0 heterocycles. The number of rotatable bonds is 0. The van der Waals surface area contributed by atoms with E-state index in [4.69, 9.17) is 0 Å². The maximum absolute atomic E-state index is 13.7. The molecule has 0 unspecified atom stereocenters. The zero-order chi connectivity index (χ0) is 18.8. The highest BCUT2D eigenvalue weighted by molar-refractivity contribution is 6.22. The molecule has 5 rings (SSSR count). The number of alkyl halides is 3. The first-order valence-corrected chi connectivity index (χ1v) is 8.51. The SMILES string of the molecule is Oc1ccc2ccc3c4ccc5ccccc5c4ccc3c2c1C(F)(F)F. The molecule has 0 aliphatic heterocycles. The van der Waals surface area contributed by atoms with Gasteiger partial charge in [-0.3, -0.25) is 0 Å². The van der Waals surface area contributed by atoms with Gasteiger partial charge in [0.25, 0.3) is 0 Å². The Hall–Kier alpha value is -3.27. The van der Waals surface area contributed by atoms with Crippen molar-refractivity contribution in [1.29, 1.82) is 0 Å². The Balaban J connectivity index is 2.02. The van der Waals surface area contributed by atoms with Crippen molar-refractivity contribution in [3.63, 3.8) is 0 Å². The molecule has 1 nitrogen and oxygen atoms in total. The summed E-state index contributed by atoms with van der Waals surface area (Å²) in [7, 11) is 0. The van der Waals surface area contributed by atoms with Crippen molar-refractivity contribution < 1.29 is 18.3 Å². The average Bonchev–Trinajstić information content (AvgIpc) is 2.66. The third-order valence-corrected chi connectivity index (χ3v) is 5.17. The second kappa shape index (κ2) is 5.36. The summed E-state index contributed by atoms with van der Waals surface area (Å²) in [5.41, 5.74) is -0.981. The number of fused-ring (bicyclic) bond motifs is 7. The van der Waals surface area contributed by atoms with E-state index >= 15 is 0 Å². The van der Waals surface area contributed by atoms with Crippen LogP contribution in [0.4, 0.5) is 13.2 Å². The molecule has 0 fully saturated rings. The zero-order valence-corrected chi connectivity index (χ0v) is 14.0. The van der Waals surface area contributed by atoms with Gasteiger partial charge in [0.2, 0.25) is 0 Å². The molecule has 27 heavy (non-hydrogen) atoms. The number of hydrogen-bond donors (Lipinski definition) is 1. The summed E-state index contributed by atoms with van der Waals surface area (Å²) in [4.78, 5) is 0. The number of phenolic OH excluding ortho intramolecular Hbond substituents is 1. The van der Waals surface area contributed by atoms with Gasteiger partial charge in [0.05, 0.1) is 0 Å². The summed E-state index contributed by atoms with van der Waals surface area (Å²) in [6.07, 6.45) is -4.64. The third-order valence-electron chi connectivity index (χ3n) is 5.17. The van der Waals surface area contributed by atoms with Crippen LogP contribution in [0, 0.1) is 0 Å². The van der Waals surface area contributed by atoms with Gasteiger partial charge in [0.1, 0.15) is 11.3 Å². The van der Waals surface area contributed by atoms with Gasteiger partial charge in [-0.1, -0.05) is 66.7 Å². The van der Waals surface area contributed by atoms with E-state index in [1.165, 1.54) is 6.07 Å². The quantitative estimate of drug-likeness (QED) is 0.293. The highest BCUT2D eigenvalue weighted by Gasteiger charge is 2.36. The van der Waals surface area contributed by atoms with E-state index in [1.54, 1.807) is 12.1 Å². The van der Waals surface area contributed by atoms with Crippen LogP contribution in [-0.2, 0) is 6.18 Å². The standard InChI is InChI=1S/C23H13F3O/c24-23(25,26)22-20(27)12-7-14-6-9-18-17-8-5-13-3-1-2-4-15(13)16(17)10-11-19(18)21(14)22/h1-12,27H. The Morgan fingerprint density at radius 2 is 1.11 bits per heavy atom. The molecule has 1 N–H and O–H groups in total. The lowest BCUT2D eigenvalue weighted by atomic mass is 9.92. The summed E-state index contributed by atoms with van der Waals surface area (Å²) in [6, 6.07) is 21.6. The van der Waals surface area contributed by atoms with Crippen molar-refractivity contribution in [2.24, 2.45) is 0 Å². The van der Waals surface area contributed by atoms with Crippen LogP contribution in [-0.4, -0.2) is 5.11 Å². The van der Waals surface area contributed by atoms with Gasteiger partial charge < -0.3 is 5.11 Å². The summed E-state index contributed by atoms with van der Waals surface area (Å²) >= 11 is 0. The first-order valence-electron chi connectivity index (χ1n) is 8.51. The monoisotopic (exact) mass is 362 g/mol. The molecular weight excluding hydrogens is 349 g/mol. The normalized spacial score (nSPS) is 12.4. The zero-order valence-electron chi connectivity index (χ0n) is 14.0. The predicted octanol–water partition coefficient (Wildman–Crippen LogP) is 7.02. The van der Waals surface area contributed by atoms with E-state index in [9.17, 15) is 18.3 Å². The number of benzene rings is 5. The second-order valence-corrected chi connectivity index (χ2v) is 6.66. The molecule has 4 heteroatoms. The second-order valence-electron chi connectivity index (χ2n) is 6.66. The molecule has 0 aromatic heterocycles. The molecule has 5 aromatic carbocycles. The predicted molar refractivity (Wildman–Crippen MR) is 103 cm³/mol. The Labute approximate surface area is 152 Å². The molecule has 0 aliphatic carbocycles. The molecule has 0 spiro atoms. The molecule has 0 saturated carbocycles. The maximum Gasteiger partial charge on any atom is 0.420 e. The van der Waals surface area contributed by atoms with Crippen molar-refractivity contribution in [1.82, 2.24) is 0 Å². The van der Waals surface area contributed by atoms with Crippen LogP contribution in [0.3, 0.4) is 0 Å². The van der Waals surface area contributed by atoms with Crippen molar-refractivity contribution in [3.05, 3.63) is 78.4 Å². The average molecular weight is 362 g/mol. The number of phenols is 1. The minimum absolute atomic E-state index is 0.0371. The number of hydrogen-bond acceptors (Lipinski definition) is 1. The summed E-state index contributed by atoms with van der Waals surface area (Å²) in [5.74, 6) is -0.749. The van der Waals surface area contributed by atoms with Crippen LogP contribution in [0.15, 0.2) is 72.8 Å². The third kappa shape index (κ3) is 2.26. The molecular formula is C23H13F3O. The van der Waals surface area contributed by atoms with Crippen molar-refractivity contribution in [2.75, 3.05) is 0 Å². The van der Waals surface area contributed by atoms with Crippen LogP contribution in [0.1, 0.15) is 5.56 Å². The van der Waals surface area contributed by atoms with Crippen molar-refractivity contribution in [2.45, 2.75) is 6.18 Å². The molecule has 132 valence electrons. The van der Waals surface area contributed by atoms with Gasteiger partial charge in [0.15, 0.2) is 0 Å². The van der Waals surface area contributed by atoms with Gasteiger partial charge in [0, 0.05) is 5.39 Å². The van der Waals surface area contributed by atoms with Crippen LogP contribution in [0.2, 0.25) is 0 Å². The van der Waals surface area contributed by atoms with Gasteiger partial charge >= 0.3 is 6.18 Å². The van der Waals surface area contributed by atoms with Gasteiger partial charge in [-0.15, -0.1) is 0 Å². The largest absolute Gasteiger partial charge is 0.507 e. The smallest absolute Gasteiger partial charge is 0.420 e. The lowest BCUT2D eigenvalue weighted by Gasteiger charge is -2.15. The lowest BCUT2D eigenvalue weighted by molar-refractivity contribution is -0.137. The van der Waals surface area contributed by atoms with Crippen LogP contribution >= 0.6 is 0 Å². The summed E-state index contributed by atoms with van der Waals surface area (Å²) in [5, 5.41) is 15.7. The van der Waals surface area contributed by atoms with E-state index in [1.807, 2.05) is 48.5 Å². The number of aromatic hydroxyl groups is 1. The van der Waals surface area contributed by atoms with E-state index in [0.29, 0.717) is 10.8 Å². The Kier molecular flexibility index (Phi) is 3.17. The topological polar surface area (TPSA) is 20.2 Å². The van der Waals surface area contributed by atoms with Gasteiger partial charge in [-0.05, 0) is 43.8 Å². The van der Waals surface area contributed by atoms with Crippen LogP contribution in [0.5, 0.6) is 5.75 Å².